The van der Waals surface area contributed by atoms with Crippen LogP contribution in [0.15, 0.2) is 126 Å². The first kappa shape index (κ1) is 24.4. The number of benzene rings is 4. The highest BCUT2D eigenvalue weighted by molar-refractivity contribution is 6.22. The topological polar surface area (TPSA) is 55.8 Å². The van der Waals surface area contributed by atoms with Gasteiger partial charge in [0.05, 0.1) is 19.9 Å². The summed E-state index contributed by atoms with van der Waals surface area (Å²) >= 11 is 0. The summed E-state index contributed by atoms with van der Waals surface area (Å²) in [7, 11) is 3.23. The smallest absolute Gasteiger partial charge is 0.247 e. The molecule has 0 saturated carbocycles. The lowest BCUT2D eigenvalue weighted by Crippen LogP contribution is -2.44. The zero-order valence-electron chi connectivity index (χ0n) is 21.7. The minimum atomic E-state index is -1.21. The van der Waals surface area contributed by atoms with E-state index in [1.54, 1.807) is 19.1 Å². The third kappa shape index (κ3) is 3.54. The molecule has 39 heavy (non-hydrogen) atoms. The van der Waals surface area contributed by atoms with Crippen LogP contribution in [0.3, 0.4) is 0 Å². The SMILES string of the molecule is COc1ccccc1C1=C2C=C(C=O)[C@@H](c3ccccc3OC)[C@@]2(c2ccccc2)C(=O)N1c1ccccc1. The summed E-state index contributed by atoms with van der Waals surface area (Å²) in [4.78, 5) is 29.7. The summed E-state index contributed by atoms with van der Waals surface area (Å²) in [5, 5.41) is 0. The summed E-state index contributed by atoms with van der Waals surface area (Å²) in [5.41, 5.74) is 3.85. The van der Waals surface area contributed by atoms with Gasteiger partial charge in [-0.15, -0.1) is 0 Å². The Morgan fingerprint density at radius 1 is 0.744 bits per heavy atom. The van der Waals surface area contributed by atoms with E-state index < -0.39 is 11.3 Å². The minimum absolute atomic E-state index is 0.139. The molecular weight excluding hydrogens is 486 g/mol. The highest BCUT2D eigenvalue weighted by atomic mass is 16.5. The second-order valence-electron chi connectivity index (χ2n) is 9.55. The Balaban J connectivity index is 1.77. The lowest BCUT2D eigenvalue weighted by Gasteiger charge is -2.35. The number of hydrogen-bond donors (Lipinski definition) is 0. The minimum Gasteiger partial charge on any atom is -0.496 e. The lowest BCUT2D eigenvalue weighted by molar-refractivity contribution is -0.121. The van der Waals surface area contributed by atoms with Gasteiger partial charge in [-0.3, -0.25) is 14.5 Å². The predicted molar refractivity (Wildman–Crippen MR) is 152 cm³/mol. The van der Waals surface area contributed by atoms with Crippen molar-refractivity contribution >= 4 is 23.6 Å². The van der Waals surface area contributed by atoms with Crippen molar-refractivity contribution in [3.8, 4) is 11.5 Å². The van der Waals surface area contributed by atoms with Crippen LogP contribution >= 0.6 is 0 Å². The molecule has 1 amide bonds. The van der Waals surface area contributed by atoms with Gasteiger partial charge >= 0.3 is 0 Å². The number of fused-ring (bicyclic) bond motifs is 1. The van der Waals surface area contributed by atoms with Gasteiger partial charge in [0, 0.05) is 28.3 Å². The molecule has 2 atom stereocenters. The molecule has 0 spiro atoms. The van der Waals surface area contributed by atoms with Gasteiger partial charge < -0.3 is 9.47 Å². The number of anilines is 1. The molecule has 0 fully saturated rings. The monoisotopic (exact) mass is 513 g/mol. The number of carbonyl (C=O) groups is 2. The van der Waals surface area contributed by atoms with E-state index in [4.69, 9.17) is 9.47 Å². The normalized spacial score (nSPS) is 20.1. The van der Waals surface area contributed by atoms with E-state index in [0.29, 0.717) is 22.8 Å². The molecule has 0 aromatic heterocycles. The third-order valence-corrected chi connectivity index (χ3v) is 7.71. The van der Waals surface area contributed by atoms with Crippen LogP contribution < -0.4 is 14.4 Å². The molecule has 5 nitrogen and oxygen atoms in total. The molecule has 192 valence electrons. The summed E-state index contributed by atoms with van der Waals surface area (Å²) in [6.07, 6.45) is 2.76. The second kappa shape index (κ2) is 9.76. The van der Waals surface area contributed by atoms with E-state index in [1.807, 2.05) is 115 Å². The number of carbonyl (C=O) groups excluding carboxylic acids is 2. The number of para-hydroxylation sites is 3. The zero-order chi connectivity index (χ0) is 27.0. The van der Waals surface area contributed by atoms with Crippen LogP contribution in [-0.4, -0.2) is 26.4 Å². The predicted octanol–water partition coefficient (Wildman–Crippen LogP) is 6.32. The fourth-order valence-electron chi connectivity index (χ4n) is 6.16. The molecule has 0 saturated heterocycles. The number of amides is 1. The molecule has 2 aliphatic rings. The number of hydrogen-bond acceptors (Lipinski definition) is 4. The van der Waals surface area contributed by atoms with E-state index in [2.05, 4.69) is 0 Å². The Bertz CT molecular complexity index is 1620. The first-order chi connectivity index (χ1) is 19.2. The molecule has 4 aromatic carbocycles. The van der Waals surface area contributed by atoms with Crippen molar-refractivity contribution in [2.75, 3.05) is 19.1 Å². The lowest BCUT2D eigenvalue weighted by atomic mass is 9.65. The van der Waals surface area contributed by atoms with Gasteiger partial charge in [0.1, 0.15) is 23.2 Å². The highest BCUT2D eigenvalue weighted by Gasteiger charge is 2.62. The average Bonchev–Trinajstić information content (AvgIpc) is 3.47. The van der Waals surface area contributed by atoms with Crippen molar-refractivity contribution in [2.45, 2.75) is 11.3 Å². The Hall–Kier alpha value is -4.90. The molecule has 6 rings (SSSR count). The Morgan fingerprint density at radius 3 is 2.00 bits per heavy atom. The molecule has 1 heterocycles. The zero-order valence-corrected chi connectivity index (χ0v) is 21.7. The average molecular weight is 514 g/mol. The van der Waals surface area contributed by atoms with Gasteiger partial charge in [-0.25, -0.2) is 0 Å². The van der Waals surface area contributed by atoms with Gasteiger partial charge in [-0.05, 0) is 47.5 Å². The molecule has 0 radical (unpaired) electrons. The van der Waals surface area contributed by atoms with Crippen LogP contribution in [0, 0.1) is 0 Å². The quantitative estimate of drug-likeness (QED) is 0.271. The number of rotatable bonds is 7. The van der Waals surface area contributed by atoms with Crippen LogP contribution in [-0.2, 0) is 15.0 Å². The molecule has 0 unspecified atom stereocenters. The van der Waals surface area contributed by atoms with Crippen molar-refractivity contribution in [1.29, 1.82) is 0 Å². The maximum absolute atomic E-state index is 15.2. The third-order valence-electron chi connectivity index (χ3n) is 7.71. The maximum atomic E-state index is 15.2. The van der Waals surface area contributed by atoms with Crippen molar-refractivity contribution in [1.82, 2.24) is 0 Å². The number of nitrogens with zero attached hydrogens (tertiary/aromatic N) is 1. The van der Waals surface area contributed by atoms with Crippen molar-refractivity contribution in [2.24, 2.45) is 0 Å². The van der Waals surface area contributed by atoms with Gasteiger partial charge in [0.15, 0.2) is 0 Å². The largest absolute Gasteiger partial charge is 0.496 e. The summed E-state index contributed by atoms with van der Waals surface area (Å²) in [6.45, 7) is 0. The molecule has 0 N–H and O–H groups in total. The molecular formula is C34H27NO4. The number of allylic oxidation sites excluding steroid dienone is 2. The maximum Gasteiger partial charge on any atom is 0.247 e. The standard InChI is InChI=1S/C34H27NO4/c1-38-29-19-11-9-17-26(29)31-23(22-36)21-28-32(27-18-10-12-20-30(27)39-2)35(25-15-7-4-8-16-25)33(37)34(28,31)24-13-5-3-6-14-24/h3-22,31H,1-2H3/t31-,34-/m0/s1. The van der Waals surface area contributed by atoms with Crippen LogP contribution in [0.2, 0.25) is 0 Å². The Kier molecular flexibility index (Phi) is 6.12. The van der Waals surface area contributed by atoms with Gasteiger partial charge in [0.25, 0.3) is 0 Å². The van der Waals surface area contributed by atoms with E-state index in [1.165, 1.54) is 0 Å². The van der Waals surface area contributed by atoms with Gasteiger partial charge in [-0.2, -0.15) is 0 Å². The van der Waals surface area contributed by atoms with Gasteiger partial charge in [-0.1, -0.05) is 78.9 Å². The summed E-state index contributed by atoms with van der Waals surface area (Å²) in [6, 6.07) is 34.6. The fourth-order valence-corrected chi connectivity index (χ4v) is 6.16. The van der Waals surface area contributed by atoms with Crippen LogP contribution in [0.4, 0.5) is 5.69 Å². The van der Waals surface area contributed by atoms with Crippen molar-refractivity contribution in [3.05, 3.63) is 143 Å². The number of ether oxygens (including phenoxy) is 2. The second-order valence-corrected chi connectivity index (χ2v) is 9.55. The Labute approximate surface area is 227 Å². The first-order valence-electron chi connectivity index (χ1n) is 12.8. The molecule has 4 aromatic rings. The first-order valence-corrected chi connectivity index (χ1v) is 12.8. The van der Waals surface area contributed by atoms with E-state index >= 15 is 4.79 Å². The van der Waals surface area contributed by atoms with E-state index in [9.17, 15) is 4.79 Å². The van der Waals surface area contributed by atoms with Crippen molar-refractivity contribution < 1.29 is 19.1 Å². The van der Waals surface area contributed by atoms with Crippen LogP contribution in [0.5, 0.6) is 11.5 Å². The fraction of sp³-hybridized carbons (Fsp3) is 0.118. The summed E-state index contributed by atoms with van der Waals surface area (Å²) < 4.78 is 11.6. The van der Waals surface area contributed by atoms with E-state index in [-0.39, 0.29) is 5.91 Å². The molecule has 1 aliphatic carbocycles. The molecule has 0 bridgehead atoms. The Morgan fingerprint density at radius 2 is 1.33 bits per heavy atom. The molecule has 1 aliphatic heterocycles. The van der Waals surface area contributed by atoms with Crippen LogP contribution in [0.1, 0.15) is 22.6 Å². The summed E-state index contributed by atoms with van der Waals surface area (Å²) in [5.74, 6) is 0.519. The number of aldehydes is 1. The number of methoxy groups -OCH3 is 2. The highest BCUT2D eigenvalue weighted by Crippen LogP contribution is 2.62. The molecule has 5 heteroatoms. The van der Waals surface area contributed by atoms with Crippen molar-refractivity contribution in [3.63, 3.8) is 0 Å². The van der Waals surface area contributed by atoms with Gasteiger partial charge in [0.2, 0.25) is 5.91 Å². The van der Waals surface area contributed by atoms with E-state index in [0.717, 1.165) is 34.2 Å². The van der Waals surface area contributed by atoms with Crippen LogP contribution in [0.25, 0.3) is 5.70 Å².